The molecular formula is C18H13Cl2N3O2. The van der Waals surface area contributed by atoms with Gasteiger partial charge in [0, 0.05) is 15.6 Å². The van der Waals surface area contributed by atoms with Crippen molar-refractivity contribution in [3.05, 3.63) is 75.3 Å². The highest BCUT2D eigenvalue weighted by molar-refractivity contribution is 6.35. The van der Waals surface area contributed by atoms with Crippen molar-refractivity contribution in [1.29, 1.82) is 5.26 Å². The maximum atomic E-state index is 11.9. The van der Waals surface area contributed by atoms with Crippen molar-refractivity contribution in [2.45, 2.75) is 6.61 Å². The van der Waals surface area contributed by atoms with Gasteiger partial charge in [-0.3, -0.25) is 4.79 Å². The first-order valence-corrected chi connectivity index (χ1v) is 7.91. The SMILES string of the molecule is N#C/C(=C/c1ccccc1)C(=O)N/C=N\OCc1ccc(Cl)cc1Cl. The minimum Gasteiger partial charge on any atom is -0.390 e. The highest BCUT2D eigenvalue weighted by Gasteiger charge is 2.07. The van der Waals surface area contributed by atoms with E-state index < -0.39 is 5.91 Å². The summed E-state index contributed by atoms with van der Waals surface area (Å²) in [4.78, 5) is 17.0. The fraction of sp³-hybridized carbons (Fsp3) is 0.0556. The summed E-state index contributed by atoms with van der Waals surface area (Å²) in [6.07, 6.45) is 2.56. The molecule has 2 rings (SSSR count). The molecule has 1 N–H and O–H groups in total. The molecule has 2 aromatic carbocycles. The normalized spacial score (nSPS) is 11.2. The number of nitriles is 1. The zero-order chi connectivity index (χ0) is 18.1. The third kappa shape index (κ3) is 5.96. The van der Waals surface area contributed by atoms with Crippen LogP contribution in [0.5, 0.6) is 0 Å². The number of hydrogen-bond donors (Lipinski definition) is 1. The standard InChI is InChI=1S/C18H13Cl2N3O2/c19-16-7-6-14(17(20)9-16)11-25-23-12-22-18(24)15(10-21)8-13-4-2-1-3-5-13/h1-9,12H,11H2,(H,22,23,24)/b15-8-. The van der Waals surface area contributed by atoms with Gasteiger partial charge >= 0.3 is 0 Å². The Kier molecular flexibility index (Phi) is 7.02. The van der Waals surface area contributed by atoms with Gasteiger partial charge in [-0.2, -0.15) is 5.26 Å². The Balaban J connectivity index is 1.87. The van der Waals surface area contributed by atoms with Crippen LogP contribution < -0.4 is 5.32 Å². The van der Waals surface area contributed by atoms with Crippen LogP contribution in [-0.4, -0.2) is 12.2 Å². The second-order valence-corrected chi connectivity index (χ2v) is 5.64. The van der Waals surface area contributed by atoms with Crippen LogP contribution in [0.3, 0.4) is 0 Å². The molecule has 0 saturated carbocycles. The van der Waals surface area contributed by atoms with E-state index in [-0.39, 0.29) is 12.2 Å². The Bertz CT molecular complexity index is 843. The Morgan fingerprint density at radius 2 is 2.00 bits per heavy atom. The van der Waals surface area contributed by atoms with Crippen molar-refractivity contribution in [1.82, 2.24) is 5.32 Å². The summed E-state index contributed by atoms with van der Waals surface area (Å²) < 4.78 is 0. The van der Waals surface area contributed by atoms with E-state index in [2.05, 4.69) is 10.5 Å². The predicted molar refractivity (Wildman–Crippen MR) is 97.9 cm³/mol. The largest absolute Gasteiger partial charge is 0.390 e. The average Bonchev–Trinajstić information content (AvgIpc) is 2.61. The summed E-state index contributed by atoms with van der Waals surface area (Å²) >= 11 is 11.8. The fourth-order valence-corrected chi connectivity index (χ4v) is 2.27. The summed E-state index contributed by atoms with van der Waals surface area (Å²) in [5, 5.41) is 16.0. The van der Waals surface area contributed by atoms with E-state index in [0.717, 1.165) is 11.9 Å². The molecule has 0 aromatic heterocycles. The number of nitrogens with zero attached hydrogens (tertiary/aromatic N) is 2. The quantitative estimate of drug-likeness (QED) is 0.271. The van der Waals surface area contributed by atoms with E-state index in [9.17, 15) is 4.79 Å². The number of benzene rings is 2. The van der Waals surface area contributed by atoms with E-state index in [1.54, 1.807) is 30.3 Å². The van der Waals surface area contributed by atoms with Gasteiger partial charge in [0.2, 0.25) is 0 Å². The van der Waals surface area contributed by atoms with Gasteiger partial charge in [-0.05, 0) is 23.8 Å². The molecule has 0 aliphatic rings. The van der Waals surface area contributed by atoms with Crippen molar-refractivity contribution < 1.29 is 9.63 Å². The molecule has 0 radical (unpaired) electrons. The van der Waals surface area contributed by atoms with Gasteiger partial charge in [-0.1, -0.05) is 64.8 Å². The van der Waals surface area contributed by atoms with Crippen LogP contribution in [0.15, 0.2) is 59.3 Å². The van der Waals surface area contributed by atoms with Gasteiger partial charge in [-0.15, -0.1) is 0 Å². The first-order chi connectivity index (χ1) is 12.1. The minimum atomic E-state index is -0.580. The number of amides is 1. The van der Waals surface area contributed by atoms with Crippen molar-refractivity contribution in [3.8, 4) is 6.07 Å². The molecule has 126 valence electrons. The monoisotopic (exact) mass is 373 g/mol. The lowest BCUT2D eigenvalue weighted by Gasteiger charge is -2.03. The third-order valence-corrected chi connectivity index (χ3v) is 3.62. The van der Waals surface area contributed by atoms with Crippen molar-refractivity contribution >= 4 is 41.5 Å². The second kappa shape index (κ2) is 9.48. The molecule has 5 nitrogen and oxygen atoms in total. The molecule has 0 atom stereocenters. The average molecular weight is 374 g/mol. The van der Waals surface area contributed by atoms with Crippen LogP contribution in [-0.2, 0) is 16.2 Å². The Morgan fingerprint density at radius 3 is 2.68 bits per heavy atom. The van der Waals surface area contributed by atoms with Gasteiger partial charge < -0.3 is 10.2 Å². The minimum absolute atomic E-state index is 0.0432. The maximum absolute atomic E-state index is 11.9. The summed E-state index contributed by atoms with van der Waals surface area (Å²) in [5.74, 6) is -0.580. The van der Waals surface area contributed by atoms with Gasteiger partial charge in [0.05, 0.1) is 0 Å². The lowest BCUT2D eigenvalue weighted by molar-refractivity contribution is -0.115. The first-order valence-electron chi connectivity index (χ1n) is 7.15. The Morgan fingerprint density at radius 1 is 1.24 bits per heavy atom. The van der Waals surface area contributed by atoms with Gasteiger partial charge in [-0.25, -0.2) is 0 Å². The third-order valence-electron chi connectivity index (χ3n) is 3.03. The Hall–Kier alpha value is -2.81. The topological polar surface area (TPSA) is 74.5 Å². The van der Waals surface area contributed by atoms with Crippen LogP contribution in [0.25, 0.3) is 6.08 Å². The first kappa shape index (κ1) is 18.5. The van der Waals surface area contributed by atoms with Crippen LogP contribution in [0, 0.1) is 11.3 Å². The summed E-state index contributed by atoms with van der Waals surface area (Å²) in [5.41, 5.74) is 1.41. The Labute approximate surface area is 155 Å². The molecule has 0 fully saturated rings. The van der Waals surface area contributed by atoms with Crippen LogP contribution in [0.1, 0.15) is 11.1 Å². The van der Waals surface area contributed by atoms with E-state index >= 15 is 0 Å². The van der Waals surface area contributed by atoms with Gasteiger partial charge in [0.1, 0.15) is 24.6 Å². The molecule has 0 spiro atoms. The van der Waals surface area contributed by atoms with Gasteiger partial charge in [0.25, 0.3) is 5.91 Å². The fourth-order valence-electron chi connectivity index (χ4n) is 1.81. The molecule has 2 aromatic rings. The lowest BCUT2D eigenvalue weighted by atomic mass is 10.1. The smallest absolute Gasteiger partial charge is 0.267 e. The molecule has 0 bridgehead atoms. The maximum Gasteiger partial charge on any atom is 0.267 e. The van der Waals surface area contributed by atoms with E-state index in [0.29, 0.717) is 15.6 Å². The molecular weight excluding hydrogens is 361 g/mol. The molecule has 0 heterocycles. The number of nitrogens with one attached hydrogen (secondary N) is 1. The van der Waals surface area contributed by atoms with Crippen molar-refractivity contribution in [3.63, 3.8) is 0 Å². The van der Waals surface area contributed by atoms with Gasteiger partial charge in [0.15, 0.2) is 0 Å². The predicted octanol–water partition coefficient (Wildman–Crippen LogP) is 4.18. The number of oxime groups is 1. The van der Waals surface area contributed by atoms with E-state index in [4.69, 9.17) is 33.3 Å². The summed E-state index contributed by atoms with van der Waals surface area (Å²) in [7, 11) is 0. The second-order valence-electron chi connectivity index (χ2n) is 4.80. The molecule has 0 unspecified atom stereocenters. The van der Waals surface area contributed by atoms with E-state index in [1.807, 2.05) is 24.3 Å². The number of rotatable bonds is 6. The number of hydrogen-bond acceptors (Lipinski definition) is 4. The number of halogens is 2. The zero-order valence-electron chi connectivity index (χ0n) is 12.9. The van der Waals surface area contributed by atoms with Crippen molar-refractivity contribution in [2.75, 3.05) is 0 Å². The molecule has 7 heteroatoms. The molecule has 0 saturated heterocycles. The van der Waals surface area contributed by atoms with Crippen molar-refractivity contribution in [2.24, 2.45) is 5.16 Å². The molecule has 0 aliphatic carbocycles. The highest BCUT2D eigenvalue weighted by Crippen LogP contribution is 2.21. The lowest BCUT2D eigenvalue weighted by Crippen LogP contribution is -2.22. The molecule has 0 aliphatic heterocycles. The summed E-state index contributed by atoms with van der Waals surface area (Å²) in [6, 6.07) is 15.9. The number of carbonyl (C=O) groups excluding carboxylic acids is 1. The van der Waals surface area contributed by atoms with E-state index in [1.165, 1.54) is 6.08 Å². The zero-order valence-corrected chi connectivity index (χ0v) is 14.5. The van der Waals surface area contributed by atoms with Crippen LogP contribution in [0.2, 0.25) is 10.0 Å². The van der Waals surface area contributed by atoms with Crippen LogP contribution in [0.4, 0.5) is 0 Å². The summed E-state index contributed by atoms with van der Waals surface area (Å²) in [6.45, 7) is 0.118. The number of carbonyl (C=O) groups is 1. The van der Waals surface area contributed by atoms with Crippen LogP contribution >= 0.6 is 23.2 Å². The highest BCUT2D eigenvalue weighted by atomic mass is 35.5. The molecule has 25 heavy (non-hydrogen) atoms. The molecule has 1 amide bonds.